The van der Waals surface area contributed by atoms with Crippen molar-refractivity contribution < 1.29 is 4.74 Å². The average molecular weight is 294 g/mol. The van der Waals surface area contributed by atoms with E-state index in [9.17, 15) is 0 Å². The molecular weight excluding hydrogens is 272 g/mol. The lowest BCUT2D eigenvalue weighted by molar-refractivity contribution is 0.0157. The summed E-state index contributed by atoms with van der Waals surface area (Å²) in [5, 5.41) is 4.58. The lowest BCUT2D eigenvalue weighted by atomic mass is 9.82. The van der Waals surface area contributed by atoms with Crippen LogP contribution in [0.15, 0.2) is 0 Å². The predicted molar refractivity (Wildman–Crippen MR) is 81.5 cm³/mol. The first-order chi connectivity index (χ1) is 9.54. The summed E-state index contributed by atoms with van der Waals surface area (Å²) in [5.41, 5.74) is 3.47. The number of fused-ring (bicyclic) bond motifs is 1. The van der Waals surface area contributed by atoms with E-state index in [-0.39, 0.29) is 5.41 Å². The number of ether oxygens (including phenoxy) is 1. The number of aryl methyl sites for hydroxylation is 2. The third-order valence-corrected chi connectivity index (χ3v) is 4.70. The molecule has 2 aromatic rings. The third-order valence-electron chi connectivity index (χ3n) is 4.37. The Bertz CT molecular complexity index is 675. The zero-order valence-corrected chi connectivity index (χ0v) is 13.2. The number of nitrogens with one attached hydrogen (secondary N) is 1. The molecule has 110 valence electrons. The van der Waals surface area contributed by atoms with Crippen LogP contribution in [-0.2, 0) is 17.8 Å². The summed E-state index contributed by atoms with van der Waals surface area (Å²) in [6.07, 6.45) is 2.17. The van der Waals surface area contributed by atoms with Crippen LogP contribution in [-0.4, -0.2) is 32.5 Å². The first-order valence-corrected chi connectivity index (χ1v) is 7.68. The molecule has 3 heterocycles. The van der Waals surface area contributed by atoms with E-state index < -0.39 is 0 Å². The number of hydrogen-bond donors (Lipinski definition) is 1. The number of rotatable bonds is 3. The van der Waals surface area contributed by atoms with Gasteiger partial charge in [-0.15, -0.1) is 0 Å². The van der Waals surface area contributed by atoms with Gasteiger partial charge in [0.15, 0.2) is 10.4 Å². The van der Waals surface area contributed by atoms with Crippen molar-refractivity contribution in [3.63, 3.8) is 0 Å². The molecule has 0 aliphatic carbocycles. The second kappa shape index (κ2) is 5.00. The zero-order chi connectivity index (χ0) is 14.3. The topological polar surface area (TPSA) is 47.8 Å². The first kappa shape index (κ1) is 13.8. The highest BCUT2D eigenvalue weighted by molar-refractivity contribution is 7.71. The van der Waals surface area contributed by atoms with Gasteiger partial charge in [-0.2, -0.15) is 5.10 Å². The van der Waals surface area contributed by atoms with Crippen LogP contribution in [0, 0.1) is 17.1 Å². The lowest BCUT2D eigenvalue weighted by Crippen LogP contribution is -2.31. The maximum atomic E-state index is 5.53. The van der Waals surface area contributed by atoms with Gasteiger partial charge in [-0.25, -0.2) is 4.68 Å². The summed E-state index contributed by atoms with van der Waals surface area (Å²) in [4.78, 5) is 3.32. The van der Waals surface area contributed by atoms with Crippen molar-refractivity contribution >= 4 is 23.4 Å². The van der Waals surface area contributed by atoms with Gasteiger partial charge >= 0.3 is 0 Å². The third kappa shape index (κ3) is 2.20. The molecule has 3 rings (SSSR count). The van der Waals surface area contributed by atoms with Crippen LogP contribution in [0.5, 0.6) is 0 Å². The van der Waals surface area contributed by atoms with E-state index in [2.05, 4.69) is 28.5 Å². The Labute approximate surface area is 123 Å². The van der Waals surface area contributed by atoms with Crippen molar-refractivity contribution in [3.05, 3.63) is 10.5 Å². The number of hydrogen-bond acceptors (Lipinski definition) is 3. The van der Waals surface area contributed by atoms with E-state index in [1.54, 1.807) is 0 Å². The molecule has 20 heavy (non-hydrogen) atoms. The highest BCUT2D eigenvalue weighted by Crippen LogP contribution is 2.33. The SMILES string of the molecule is CCn1nc(C)c2[nH]c(=S)n(CC3(C)CCOCC3)c21. The summed E-state index contributed by atoms with van der Waals surface area (Å²) in [6, 6.07) is 0. The van der Waals surface area contributed by atoms with Crippen LogP contribution >= 0.6 is 12.2 Å². The fraction of sp³-hybridized carbons (Fsp3) is 0.714. The van der Waals surface area contributed by atoms with Gasteiger partial charge in [-0.1, -0.05) is 6.92 Å². The van der Waals surface area contributed by atoms with Gasteiger partial charge < -0.3 is 14.3 Å². The minimum atomic E-state index is 0.252. The van der Waals surface area contributed by atoms with Crippen LogP contribution < -0.4 is 0 Å². The number of aromatic nitrogens is 4. The minimum absolute atomic E-state index is 0.252. The minimum Gasteiger partial charge on any atom is -0.381 e. The molecule has 1 aliphatic rings. The first-order valence-electron chi connectivity index (χ1n) is 7.28. The van der Waals surface area contributed by atoms with E-state index in [0.29, 0.717) is 0 Å². The summed E-state index contributed by atoms with van der Waals surface area (Å²) >= 11 is 5.53. The van der Waals surface area contributed by atoms with Gasteiger partial charge in [-0.3, -0.25) is 0 Å². The van der Waals surface area contributed by atoms with Crippen LogP contribution in [0.2, 0.25) is 0 Å². The van der Waals surface area contributed by atoms with Crippen molar-refractivity contribution in [3.8, 4) is 0 Å². The second-order valence-electron chi connectivity index (χ2n) is 6.04. The average Bonchev–Trinajstić information content (AvgIpc) is 2.89. The van der Waals surface area contributed by atoms with Gasteiger partial charge in [0.2, 0.25) is 0 Å². The maximum absolute atomic E-state index is 5.53. The molecule has 0 radical (unpaired) electrons. The number of H-pyrrole nitrogens is 1. The molecule has 1 N–H and O–H groups in total. The fourth-order valence-corrected chi connectivity index (χ4v) is 3.28. The summed E-state index contributed by atoms with van der Waals surface area (Å²) in [6.45, 7) is 9.96. The smallest absolute Gasteiger partial charge is 0.179 e. The molecule has 0 saturated carbocycles. The van der Waals surface area contributed by atoms with E-state index in [1.165, 1.54) is 0 Å². The second-order valence-corrected chi connectivity index (χ2v) is 6.43. The molecule has 0 aromatic carbocycles. The molecule has 1 aliphatic heterocycles. The largest absolute Gasteiger partial charge is 0.381 e. The molecular formula is C14H22N4OS. The zero-order valence-electron chi connectivity index (χ0n) is 12.4. The monoisotopic (exact) mass is 294 g/mol. The number of aromatic amines is 1. The predicted octanol–water partition coefficient (Wildman–Crippen LogP) is 3.04. The normalized spacial score (nSPS) is 18.8. The van der Waals surface area contributed by atoms with E-state index >= 15 is 0 Å². The highest BCUT2D eigenvalue weighted by Gasteiger charge is 2.29. The highest BCUT2D eigenvalue weighted by atomic mass is 32.1. The molecule has 0 atom stereocenters. The van der Waals surface area contributed by atoms with Crippen molar-refractivity contribution in [1.29, 1.82) is 0 Å². The number of imidazole rings is 1. The Morgan fingerprint density at radius 3 is 2.75 bits per heavy atom. The van der Waals surface area contributed by atoms with Crippen LogP contribution in [0.4, 0.5) is 0 Å². The van der Waals surface area contributed by atoms with Crippen molar-refractivity contribution in [2.75, 3.05) is 13.2 Å². The quantitative estimate of drug-likeness (QED) is 0.885. The van der Waals surface area contributed by atoms with Gasteiger partial charge in [0.1, 0.15) is 5.52 Å². The van der Waals surface area contributed by atoms with E-state index in [4.69, 9.17) is 17.0 Å². The number of nitrogens with zero attached hydrogens (tertiary/aromatic N) is 3. The Morgan fingerprint density at radius 1 is 1.40 bits per heavy atom. The Morgan fingerprint density at radius 2 is 2.10 bits per heavy atom. The molecule has 0 amide bonds. The lowest BCUT2D eigenvalue weighted by Gasteiger charge is -2.33. The molecule has 1 fully saturated rings. The van der Waals surface area contributed by atoms with Crippen molar-refractivity contribution in [2.24, 2.45) is 5.41 Å². The van der Waals surface area contributed by atoms with E-state index in [1.807, 2.05) is 11.6 Å². The van der Waals surface area contributed by atoms with Crippen LogP contribution in [0.25, 0.3) is 11.2 Å². The van der Waals surface area contributed by atoms with Gasteiger partial charge in [0.05, 0.1) is 5.69 Å². The van der Waals surface area contributed by atoms with Crippen LogP contribution in [0.1, 0.15) is 32.4 Å². The summed E-state index contributed by atoms with van der Waals surface area (Å²) in [5.74, 6) is 0. The Balaban J connectivity index is 2.06. The van der Waals surface area contributed by atoms with Crippen LogP contribution in [0.3, 0.4) is 0 Å². The molecule has 2 aromatic heterocycles. The van der Waals surface area contributed by atoms with Crippen molar-refractivity contribution in [1.82, 2.24) is 19.3 Å². The summed E-state index contributed by atoms with van der Waals surface area (Å²) < 4.78 is 10.6. The molecule has 5 nitrogen and oxygen atoms in total. The molecule has 0 bridgehead atoms. The van der Waals surface area contributed by atoms with Gasteiger partial charge in [-0.05, 0) is 44.3 Å². The Kier molecular flexibility index (Phi) is 3.46. The van der Waals surface area contributed by atoms with Gasteiger partial charge in [0, 0.05) is 26.3 Å². The standard InChI is InChI=1S/C14H22N4OS/c1-4-18-12-11(10(2)16-18)15-13(20)17(12)9-14(3)5-7-19-8-6-14/h4-9H2,1-3H3,(H,15,20). The van der Waals surface area contributed by atoms with E-state index in [0.717, 1.165) is 60.8 Å². The van der Waals surface area contributed by atoms with Gasteiger partial charge in [0.25, 0.3) is 0 Å². The fourth-order valence-electron chi connectivity index (χ4n) is 3.03. The molecule has 6 heteroatoms. The maximum Gasteiger partial charge on any atom is 0.179 e. The molecule has 0 unspecified atom stereocenters. The molecule has 0 spiro atoms. The summed E-state index contributed by atoms with van der Waals surface area (Å²) in [7, 11) is 0. The molecule has 1 saturated heterocycles. The van der Waals surface area contributed by atoms with Crippen molar-refractivity contribution in [2.45, 2.75) is 46.7 Å². The Hall–Kier alpha value is -1.14.